The van der Waals surface area contributed by atoms with Gasteiger partial charge in [-0.15, -0.1) is 13.2 Å². The first kappa shape index (κ1) is 19.9. The van der Waals surface area contributed by atoms with E-state index in [1.54, 1.807) is 36.4 Å². The van der Waals surface area contributed by atoms with Crippen molar-refractivity contribution in [3.63, 3.8) is 0 Å². The summed E-state index contributed by atoms with van der Waals surface area (Å²) in [6.45, 7) is 0.264. The summed E-state index contributed by atoms with van der Waals surface area (Å²) in [4.78, 5) is 16.4. The molecule has 0 saturated carbocycles. The molecule has 0 aliphatic carbocycles. The van der Waals surface area contributed by atoms with E-state index < -0.39 is 12.3 Å². The van der Waals surface area contributed by atoms with Gasteiger partial charge in [0, 0.05) is 12.7 Å². The summed E-state index contributed by atoms with van der Waals surface area (Å²) in [5.41, 5.74) is 2.77. The van der Waals surface area contributed by atoms with Gasteiger partial charge in [0.1, 0.15) is 11.4 Å². The SMILES string of the molecule is N#Cc1ccc(CNC(=O)c2cc(-c3ccc(OC(F)(F)F)cc3)ccn2)cc1. The molecule has 3 rings (SSSR count). The summed E-state index contributed by atoms with van der Waals surface area (Å²) >= 11 is 0. The van der Waals surface area contributed by atoms with Gasteiger partial charge >= 0.3 is 6.36 Å². The van der Waals surface area contributed by atoms with E-state index in [1.165, 1.54) is 30.5 Å². The number of benzene rings is 2. The predicted molar refractivity (Wildman–Crippen MR) is 98.7 cm³/mol. The number of nitriles is 1. The van der Waals surface area contributed by atoms with E-state index in [9.17, 15) is 18.0 Å². The van der Waals surface area contributed by atoms with Gasteiger partial charge < -0.3 is 10.1 Å². The first-order chi connectivity index (χ1) is 13.8. The molecule has 0 radical (unpaired) electrons. The van der Waals surface area contributed by atoms with Crippen LogP contribution in [0, 0.1) is 11.3 Å². The number of nitrogens with zero attached hydrogens (tertiary/aromatic N) is 2. The number of carbonyl (C=O) groups is 1. The fourth-order valence-corrected chi connectivity index (χ4v) is 2.55. The Hall–Kier alpha value is -3.86. The Balaban J connectivity index is 1.68. The van der Waals surface area contributed by atoms with Gasteiger partial charge in [0.25, 0.3) is 5.91 Å². The lowest BCUT2D eigenvalue weighted by atomic mass is 10.1. The normalized spacial score (nSPS) is 10.8. The van der Waals surface area contributed by atoms with Crippen LogP contribution in [0.5, 0.6) is 5.75 Å². The summed E-state index contributed by atoms with van der Waals surface area (Å²) in [6, 6.07) is 17.4. The van der Waals surface area contributed by atoms with Crippen LogP contribution in [0.4, 0.5) is 13.2 Å². The molecule has 0 saturated heterocycles. The van der Waals surface area contributed by atoms with E-state index in [1.807, 2.05) is 6.07 Å². The Labute approximate surface area is 164 Å². The smallest absolute Gasteiger partial charge is 0.406 e. The molecule has 0 unspecified atom stereocenters. The van der Waals surface area contributed by atoms with Crippen LogP contribution in [0.2, 0.25) is 0 Å². The highest BCUT2D eigenvalue weighted by molar-refractivity contribution is 5.93. The van der Waals surface area contributed by atoms with Crippen molar-refractivity contribution in [1.82, 2.24) is 10.3 Å². The lowest BCUT2D eigenvalue weighted by Gasteiger charge is -2.10. The zero-order valence-electron chi connectivity index (χ0n) is 14.9. The molecule has 1 N–H and O–H groups in total. The molecule has 2 aromatic carbocycles. The monoisotopic (exact) mass is 397 g/mol. The number of ether oxygens (including phenoxy) is 1. The highest BCUT2D eigenvalue weighted by Gasteiger charge is 2.30. The van der Waals surface area contributed by atoms with Gasteiger partial charge in [-0.05, 0) is 53.1 Å². The summed E-state index contributed by atoms with van der Waals surface area (Å²) in [5, 5.41) is 11.5. The van der Waals surface area contributed by atoms with Gasteiger partial charge in [0.15, 0.2) is 0 Å². The quantitative estimate of drug-likeness (QED) is 0.690. The summed E-state index contributed by atoms with van der Waals surface area (Å²) < 4.78 is 40.6. The summed E-state index contributed by atoms with van der Waals surface area (Å²) in [6.07, 6.45) is -3.30. The van der Waals surface area contributed by atoms with Crippen LogP contribution in [0.3, 0.4) is 0 Å². The lowest BCUT2D eigenvalue weighted by molar-refractivity contribution is -0.274. The fraction of sp³-hybridized carbons (Fsp3) is 0.0952. The molecule has 1 heterocycles. The second-order valence-corrected chi connectivity index (χ2v) is 5.99. The first-order valence-electron chi connectivity index (χ1n) is 8.43. The van der Waals surface area contributed by atoms with Crippen molar-refractivity contribution in [2.24, 2.45) is 0 Å². The van der Waals surface area contributed by atoms with Crippen molar-refractivity contribution in [1.29, 1.82) is 5.26 Å². The molecular formula is C21H14F3N3O2. The number of amides is 1. The molecule has 0 bridgehead atoms. The average molecular weight is 397 g/mol. The van der Waals surface area contributed by atoms with Gasteiger partial charge in [-0.1, -0.05) is 24.3 Å². The zero-order valence-corrected chi connectivity index (χ0v) is 14.9. The minimum Gasteiger partial charge on any atom is -0.406 e. The molecule has 3 aromatic rings. The van der Waals surface area contributed by atoms with Crippen molar-refractivity contribution in [3.05, 3.63) is 83.7 Å². The predicted octanol–water partition coefficient (Wildman–Crippen LogP) is 4.45. The molecule has 5 nitrogen and oxygen atoms in total. The number of carbonyl (C=O) groups excluding carboxylic acids is 1. The highest BCUT2D eigenvalue weighted by atomic mass is 19.4. The molecule has 1 aromatic heterocycles. The fourth-order valence-electron chi connectivity index (χ4n) is 2.55. The summed E-state index contributed by atoms with van der Waals surface area (Å²) in [5.74, 6) is -0.719. The third-order valence-corrected chi connectivity index (χ3v) is 3.95. The van der Waals surface area contributed by atoms with Crippen molar-refractivity contribution in [3.8, 4) is 22.9 Å². The Bertz CT molecular complexity index is 1040. The summed E-state index contributed by atoms with van der Waals surface area (Å²) in [7, 11) is 0. The van der Waals surface area contributed by atoms with Crippen LogP contribution in [0.25, 0.3) is 11.1 Å². The number of pyridine rings is 1. The van der Waals surface area contributed by atoms with Crippen LogP contribution >= 0.6 is 0 Å². The minimum atomic E-state index is -4.75. The number of hydrogen-bond donors (Lipinski definition) is 1. The molecule has 0 spiro atoms. The van der Waals surface area contributed by atoms with Crippen molar-refractivity contribution in [2.45, 2.75) is 12.9 Å². The Morgan fingerprint density at radius 2 is 1.72 bits per heavy atom. The van der Waals surface area contributed by atoms with E-state index in [0.717, 1.165) is 5.56 Å². The average Bonchev–Trinajstić information content (AvgIpc) is 2.72. The van der Waals surface area contributed by atoms with E-state index in [2.05, 4.69) is 15.0 Å². The number of rotatable bonds is 5. The lowest BCUT2D eigenvalue weighted by Crippen LogP contribution is -2.23. The largest absolute Gasteiger partial charge is 0.573 e. The molecule has 146 valence electrons. The van der Waals surface area contributed by atoms with Crippen molar-refractivity contribution < 1.29 is 22.7 Å². The molecule has 8 heteroatoms. The van der Waals surface area contributed by atoms with E-state index in [-0.39, 0.29) is 18.0 Å². The third-order valence-electron chi connectivity index (χ3n) is 3.95. The number of hydrogen-bond acceptors (Lipinski definition) is 4. The molecule has 29 heavy (non-hydrogen) atoms. The Kier molecular flexibility index (Phi) is 5.79. The third kappa shape index (κ3) is 5.56. The number of nitrogens with one attached hydrogen (secondary N) is 1. The van der Waals surface area contributed by atoms with Crippen LogP contribution < -0.4 is 10.1 Å². The molecular weight excluding hydrogens is 383 g/mol. The van der Waals surface area contributed by atoms with Gasteiger partial charge in [0.2, 0.25) is 0 Å². The second-order valence-electron chi connectivity index (χ2n) is 5.99. The van der Waals surface area contributed by atoms with Crippen molar-refractivity contribution in [2.75, 3.05) is 0 Å². The number of aromatic nitrogens is 1. The Morgan fingerprint density at radius 3 is 2.34 bits per heavy atom. The van der Waals surface area contributed by atoms with Gasteiger partial charge in [-0.25, -0.2) is 0 Å². The molecule has 0 fully saturated rings. The van der Waals surface area contributed by atoms with E-state index in [4.69, 9.17) is 5.26 Å². The van der Waals surface area contributed by atoms with Gasteiger partial charge in [-0.3, -0.25) is 9.78 Å². The molecule has 0 aliphatic rings. The van der Waals surface area contributed by atoms with E-state index in [0.29, 0.717) is 16.7 Å². The van der Waals surface area contributed by atoms with Crippen molar-refractivity contribution >= 4 is 5.91 Å². The van der Waals surface area contributed by atoms with Crippen LogP contribution in [0.15, 0.2) is 66.9 Å². The molecule has 1 amide bonds. The standard InChI is InChI=1S/C21H14F3N3O2/c22-21(23,24)29-18-7-5-16(6-8-18)17-9-10-26-19(11-17)20(28)27-13-15-3-1-14(12-25)2-4-15/h1-11H,13H2,(H,27,28). The second kappa shape index (κ2) is 8.44. The minimum absolute atomic E-state index is 0.173. The molecule has 0 atom stereocenters. The molecule has 0 aliphatic heterocycles. The van der Waals surface area contributed by atoms with Crippen LogP contribution in [-0.4, -0.2) is 17.3 Å². The van der Waals surface area contributed by atoms with Gasteiger partial charge in [0.05, 0.1) is 11.6 Å². The van der Waals surface area contributed by atoms with Crippen LogP contribution in [-0.2, 0) is 6.54 Å². The highest BCUT2D eigenvalue weighted by Crippen LogP contribution is 2.26. The number of alkyl halides is 3. The first-order valence-corrected chi connectivity index (χ1v) is 8.43. The zero-order chi connectivity index (χ0) is 20.9. The maximum absolute atomic E-state index is 12.4. The van der Waals surface area contributed by atoms with Gasteiger partial charge in [-0.2, -0.15) is 5.26 Å². The van der Waals surface area contributed by atoms with E-state index >= 15 is 0 Å². The number of halogens is 3. The van der Waals surface area contributed by atoms with Crippen LogP contribution in [0.1, 0.15) is 21.6 Å². The topological polar surface area (TPSA) is 75.0 Å². The maximum atomic E-state index is 12.4. The Morgan fingerprint density at radius 1 is 1.03 bits per heavy atom. The maximum Gasteiger partial charge on any atom is 0.573 e.